The van der Waals surface area contributed by atoms with Crippen molar-refractivity contribution in [2.75, 3.05) is 18.4 Å². The number of amides is 3. The predicted molar refractivity (Wildman–Crippen MR) is 118 cm³/mol. The summed E-state index contributed by atoms with van der Waals surface area (Å²) in [6, 6.07) is 12.7. The summed E-state index contributed by atoms with van der Waals surface area (Å²) in [5, 5.41) is 13.6. The van der Waals surface area contributed by atoms with Gasteiger partial charge in [-0.15, -0.1) is 10.2 Å². The number of nitrogens with zero attached hydrogens (tertiary/aromatic N) is 3. The minimum absolute atomic E-state index is 0.109. The molecule has 1 fully saturated rings. The first-order chi connectivity index (χ1) is 15.5. The molecule has 2 N–H and O–H groups in total. The Bertz CT molecular complexity index is 1110. The van der Waals surface area contributed by atoms with Crippen molar-refractivity contribution in [3.05, 3.63) is 64.0 Å². The van der Waals surface area contributed by atoms with Crippen molar-refractivity contribution >= 4 is 34.7 Å². The smallest absolute Gasteiger partial charge is 0.286 e. The van der Waals surface area contributed by atoms with Gasteiger partial charge in [0.25, 0.3) is 11.8 Å². The normalized spacial score (nSPS) is 15.9. The number of carbonyl (C=O) groups excluding carboxylic acids is 3. The largest absolute Gasteiger partial charge is 0.465 e. The highest BCUT2D eigenvalue weighted by Gasteiger charge is 2.31. The molecule has 0 radical (unpaired) electrons. The molecule has 0 aliphatic carbocycles. The minimum Gasteiger partial charge on any atom is -0.465 e. The molecule has 1 saturated heterocycles. The zero-order chi connectivity index (χ0) is 22.5. The Morgan fingerprint density at radius 3 is 2.66 bits per heavy atom. The maximum atomic E-state index is 12.9. The summed E-state index contributed by atoms with van der Waals surface area (Å²) in [5.41, 5.74) is 0.634. The van der Waals surface area contributed by atoms with Gasteiger partial charge in [0.2, 0.25) is 15.9 Å². The van der Waals surface area contributed by atoms with Gasteiger partial charge in [0.05, 0.1) is 12.5 Å². The van der Waals surface area contributed by atoms with E-state index in [0.29, 0.717) is 43.9 Å². The summed E-state index contributed by atoms with van der Waals surface area (Å²) in [7, 11) is 0. The Kier molecular flexibility index (Phi) is 6.60. The number of rotatable bonds is 6. The van der Waals surface area contributed by atoms with Gasteiger partial charge in [0.1, 0.15) is 11.5 Å². The summed E-state index contributed by atoms with van der Waals surface area (Å²) in [6.07, 6.45) is 1.41. The molecule has 10 heteroatoms. The van der Waals surface area contributed by atoms with Gasteiger partial charge in [0.15, 0.2) is 0 Å². The number of aryl methyl sites for hydroxylation is 1. The molecule has 0 saturated carbocycles. The lowest BCUT2D eigenvalue weighted by Crippen LogP contribution is -2.45. The highest BCUT2D eigenvalue weighted by molar-refractivity contribution is 7.15. The van der Waals surface area contributed by atoms with Gasteiger partial charge < -0.3 is 20.0 Å². The van der Waals surface area contributed by atoms with Crippen LogP contribution in [-0.2, 0) is 11.3 Å². The van der Waals surface area contributed by atoms with E-state index in [1.807, 2.05) is 37.3 Å². The van der Waals surface area contributed by atoms with Gasteiger partial charge in [-0.05, 0) is 44.0 Å². The third-order valence-corrected chi connectivity index (χ3v) is 6.06. The third kappa shape index (κ3) is 5.20. The van der Waals surface area contributed by atoms with Gasteiger partial charge in [-0.1, -0.05) is 29.5 Å². The molecular weight excluding hydrogens is 430 g/mol. The fourth-order valence-corrected chi connectivity index (χ4v) is 4.22. The number of aromatic nitrogens is 2. The average molecular weight is 454 g/mol. The molecule has 3 heterocycles. The molecule has 2 aromatic heterocycles. The first-order valence-electron chi connectivity index (χ1n) is 10.3. The Labute approximate surface area is 188 Å². The quantitative estimate of drug-likeness (QED) is 0.593. The van der Waals surface area contributed by atoms with E-state index in [1.165, 1.54) is 0 Å². The SMILES string of the molecule is Cc1ccc(CNC(=O)[C@@H]2CCCN(C(=O)c3nnc(C(=O)Nc4ccccc4)s3)C2)o1. The highest BCUT2D eigenvalue weighted by atomic mass is 32.1. The van der Waals surface area contributed by atoms with Gasteiger partial charge in [-0.3, -0.25) is 14.4 Å². The number of likely N-dealkylation sites (tertiary alicyclic amines) is 1. The molecule has 1 atom stereocenters. The number of hydrogen-bond acceptors (Lipinski definition) is 7. The second kappa shape index (κ2) is 9.73. The second-order valence-electron chi connectivity index (χ2n) is 7.55. The second-order valence-corrected chi connectivity index (χ2v) is 8.53. The lowest BCUT2D eigenvalue weighted by atomic mass is 9.97. The van der Waals surface area contributed by atoms with E-state index in [4.69, 9.17) is 4.42 Å². The molecule has 166 valence electrons. The van der Waals surface area contributed by atoms with Crippen LogP contribution >= 0.6 is 11.3 Å². The first kappa shape index (κ1) is 21.7. The number of piperidine rings is 1. The molecule has 0 bridgehead atoms. The summed E-state index contributed by atoms with van der Waals surface area (Å²) in [6.45, 7) is 2.99. The molecule has 1 aliphatic rings. The van der Waals surface area contributed by atoms with Crippen LogP contribution < -0.4 is 10.6 Å². The van der Waals surface area contributed by atoms with E-state index in [1.54, 1.807) is 17.0 Å². The number of benzene rings is 1. The van der Waals surface area contributed by atoms with E-state index in [-0.39, 0.29) is 27.7 Å². The number of para-hydroxylation sites is 1. The van der Waals surface area contributed by atoms with Crippen LogP contribution in [0.5, 0.6) is 0 Å². The Morgan fingerprint density at radius 2 is 1.91 bits per heavy atom. The summed E-state index contributed by atoms with van der Waals surface area (Å²) in [5.74, 6) is 0.318. The van der Waals surface area contributed by atoms with Crippen LogP contribution in [0, 0.1) is 12.8 Å². The first-order valence-corrected chi connectivity index (χ1v) is 11.1. The molecule has 3 amide bonds. The average Bonchev–Trinajstić information content (AvgIpc) is 3.47. The van der Waals surface area contributed by atoms with E-state index in [9.17, 15) is 14.4 Å². The maximum absolute atomic E-state index is 12.9. The zero-order valence-corrected chi connectivity index (χ0v) is 18.4. The molecule has 3 aromatic rings. The lowest BCUT2D eigenvalue weighted by Gasteiger charge is -2.31. The van der Waals surface area contributed by atoms with Crippen molar-refractivity contribution in [1.82, 2.24) is 20.4 Å². The molecule has 1 aliphatic heterocycles. The summed E-state index contributed by atoms with van der Waals surface area (Å²) in [4.78, 5) is 39.5. The molecule has 0 unspecified atom stereocenters. The monoisotopic (exact) mass is 453 g/mol. The molecular formula is C22H23N5O4S. The zero-order valence-electron chi connectivity index (χ0n) is 17.5. The van der Waals surface area contributed by atoms with Crippen molar-refractivity contribution in [3.8, 4) is 0 Å². The Hall–Kier alpha value is -3.53. The van der Waals surface area contributed by atoms with Crippen LogP contribution in [0.2, 0.25) is 0 Å². The highest BCUT2D eigenvalue weighted by Crippen LogP contribution is 2.21. The summed E-state index contributed by atoms with van der Waals surface area (Å²) >= 11 is 0.943. The minimum atomic E-state index is -0.420. The van der Waals surface area contributed by atoms with Gasteiger partial charge in [0, 0.05) is 18.8 Å². The van der Waals surface area contributed by atoms with Crippen LogP contribution in [0.15, 0.2) is 46.9 Å². The third-order valence-electron chi connectivity index (χ3n) is 5.15. The fraction of sp³-hybridized carbons (Fsp3) is 0.318. The number of hydrogen-bond donors (Lipinski definition) is 2. The molecule has 32 heavy (non-hydrogen) atoms. The molecule has 4 rings (SSSR count). The van der Waals surface area contributed by atoms with Crippen LogP contribution in [-0.4, -0.2) is 45.9 Å². The maximum Gasteiger partial charge on any atom is 0.286 e. The number of carbonyl (C=O) groups is 3. The van der Waals surface area contributed by atoms with Crippen molar-refractivity contribution in [1.29, 1.82) is 0 Å². The van der Waals surface area contributed by atoms with Crippen molar-refractivity contribution in [2.24, 2.45) is 5.92 Å². The van der Waals surface area contributed by atoms with Gasteiger partial charge in [-0.25, -0.2) is 0 Å². The molecule has 1 aromatic carbocycles. The Balaban J connectivity index is 1.33. The van der Waals surface area contributed by atoms with E-state index < -0.39 is 5.91 Å². The van der Waals surface area contributed by atoms with Crippen molar-refractivity contribution < 1.29 is 18.8 Å². The Morgan fingerprint density at radius 1 is 1.12 bits per heavy atom. The van der Waals surface area contributed by atoms with Crippen LogP contribution in [0.3, 0.4) is 0 Å². The standard InChI is InChI=1S/C22H23N5O4S/c1-14-9-10-17(31-14)12-23-18(28)15-6-5-11-27(13-15)22(30)21-26-25-20(32-21)19(29)24-16-7-3-2-4-8-16/h2-4,7-10,15H,5-6,11-13H2,1H3,(H,23,28)(H,24,29)/t15-/m1/s1. The number of nitrogens with one attached hydrogen (secondary N) is 2. The predicted octanol–water partition coefficient (Wildman–Crippen LogP) is 2.86. The summed E-state index contributed by atoms with van der Waals surface area (Å²) < 4.78 is 5.47. The van der Waals surface area contributed by atoms with Crippen molar-refractivity contribution in [2.45, 2.75) is 26.3 Å². The van der Waals surface area contributed by atoms with E-state index in [2.05, 4.69) is 20.8 Å². The fourth-order valence-electron chi connectivity index (χ4n) is 3.52. The topological polar surface area (TPSA) is 117 Å². The van der Waals surface area contributed by atoms with Crippen LogP contribution in [0.25, 0.3) is 0 Å². The molecule has 0 spiro atoms. The van der Waals surface area contributed by atoms with Crippen LogP contribution in [0.4, 0.5) is 5.69 Å². The van der Waals surface area contributed by atoms with E-state index in [0.717, 1.165) is 17.1 Å². The van der Waals surface area contributed by atoms with Gasteiger partial charge >= 0.3 is 0 Å². The van der Waals surface area contributed by atoms with E-state index >= 15 is 0 Å². The van der Waals surface area contributed by atoms with Crippen molar-refractivity contribution in [3.63, 3.8) is 0 Å². The van der Waals surface area contributed by atoms with Gasteiger partial charge in [-0.2, -0.15) is 0 Å². The number of anilines is 1. The van der Waals surface area contributed by atoms with Crippen LogP contribution in [0.1, 0.15) is 44.0 Å². The number of furan rings is 1. The molecule has 9 nitrogen and oxygen atoms in total. The lowest BCUT2D eigenvalue weighted by molar-refractivity contribution is -0.126.